The topological polar surface area (TPSA) is 398 Å². The minimum Gasteiger partial charge on any atom is -0.496 e. The SMILES string of the molecule is CCCCCCc1nc(N)nc2ccn(Cc3cc(/C=C/C(=O)OCC)ccc3OC)c12.CCCCCCc1nc(N)nc2ccn(Cc3cc(Br)ccc3OC)c12.CCCCCCc1nc(N)nc2ccn(Cc3cc(CCC(=O)OCC)ccc3OC)c12.CCCCCN.CCOC(=O)/C=C/B1OC(C)(C)C(C)(C)O1.COc1ccc(Br)cc1CBr.Nc1nc(Cl)c2[nH]ccc2n1. The predicted octanol–water partition coefficient (Wildman–Crippen LogP) is 21.8. The normalized spacial score (nSPS) is 12.3. The molecule has 4 aromatic carbocycles. The van der Waals surface area contributed by atoms with E-state index in [2.05, 4.69) is 152 Å². The van der Waals surface area contributed by atoms with Crippen LogP contribution in [0.4, 0.5) is 23.8 Å². The van der Waals surface area contributed by atoms with E-state index in [0.29, 0.717) is 75.3 Å². The predicted molar refractivity (Wildman–Crippen MR) is 551 cm³/mol. The van der Waals surface area contributed by atoms with Crippen molar-refractivity contribution in [2.45, 2.75) is 241 Å². The second-order valence-electron chi connectivity index (χ2n) is 32.5. The lowest BCUT2D eigenvalue weighted by molar-refractivity contribution is -0.143. The van der Waals surface area contributed by atoms with Crippen LogP contribution in [0.3, 0.4) is 0 Å². The molecule has 0 unspecified atom stereocenters. The minimum absolute atomic E-state index is 0.177. The van der Waals surface area contributed by atoms with Gasteiger partial charge in [0.15, 0.2) is 5.15 Å². The Morgan fingerprint density at radius 2 is 0.858 bits per heavy atom. The Morgan fingerprint density at radius 1 is 0.463 bits per heavy atom. The van der Waals surface area contributed by atoms with Gasteiger partial charge in [-0.3, -0.25) is 4.79 Å². The number of aromatic nitrogens is 12. The van der Waals surface area contributed by atoms with Gasteiger partial charge >= 0.3 is 25.0 Å². The highest BCUT2D eigenvalue weighted by Crippen LogP contribution is 2.38. The molecule has 134 heavy (non-hydrogen) atoms. The fraction of sp³-hybridized carbons (Fsp3) is 0.450. The van der Waals surface area contributed by atoms with Crippen LogP contribution in [0.2, 0.25) is 5.15 Å². The molecule has 9 heterocycles. The summed E-state index contributed by atoms with van der Waals surface area (Å²) in [6, 6.07) is 31.6. The molecular formula is C100H136BBr3ClN17O12. The molecule has 29 nitrogen and oxygen atoms in total. The number of nitrogens with two attached hydrogens (primary N) is 5. The van der Waals surface area contributed by atoms with E-state index in [0.717, 1.165) is 177 Å². The lowest BCUT2D eigenvalue weighted by Crippen LogP contribution is -2.41. The Hall–Kier alpha value is -10.7. The monoisotopic (exact) mass is 2050 g/mol. The zero-order valence-corrected chi connectivity index (χ0v) is 86.0. The maximum absolute atomic E-state index is 11.7. The van der Waals surface area contributed by atoms with Crippen LogP contribution < -0.4 is 47.6 Å². The third kappa shape index (κ3) is 34.9. The maximum atomic E-state index is 11.7. The highest BCUT2D eigenvalue weighted by atomic mass is 79.9. The Morgan fingerprint density at radius 3 is 1.28 bits per heavy atom. The number of nitrogens with one attached hydrogen (secondary N) is 1. The van der Waals surface area contributed by atoms with Gasteiger partial charge in [-0.05, 0) is 208 Å². The molecule has 12 aromatic rings. The summed E-state index contributed by atoms with van der Waals surface area (Å²) in [4.78, 5) is 72.0. The van der Waals surface area contributed by atoms with Crippen molar-refractivity contribution in [3.8, 4) is 23.0 Å². The Balaban J connectivity index is 0.000000225. The summed E-state index contributed by atoms with van der Waals surface area (Å²) in [5, 5.41) is 1.17. The number of unbranched alkanes of at least 4 members (excludes halogenated alkanes) is 11. The van der Waals surface area contributed by atoms with Crippen LogP contribution in [-0.4, -0.2) is 150 Å². The zero-order valence-electron chi connectivity index (χ0n) is 80.4. The number of fused-ring (bicyclic) bond motifs is 4. The second kappa shape index (κ2) is 57.9. The first kappa shape index (κ1) is 110. The number of halogens is 4. The number of benzene rings is 4. The number of anilines is 4. The first-order valence-corrected chi connectivity index (χ1v) is 49.1. The molecule has 1 aliphatic heterocycles. The van der Waals surface area contributed by atoms with E-state index in [1.165, 1.54) is 89.2 Å². The number of ether oxygens (including phenoxy) is 7. The smallest absolute Gasteiger partial charge is 0.487 e. The van der Waals surface area contributed by atoms with Gasteiger partial charge in [-0.2, -0.15) is 4.98 Å². The first-order chi connectivity index (χ1) is 64.5. The van der Waals surface area contributed by atoms with E-state index in [9.17, 15) is 14.4 Å². The summed E-state index contributed by atoms with van der Waals surface area (Å²) in [6.45, 7) is 25.9. The van der Waals surface area contributed by atoms with Crippen LogP contribution in [0.25, 0.3) is 50.2 Å². The van der Waals surface area contributed by atoms with Crippen LogP contribution in [0.15, 0.2) is 149 Å². The molecule has 34 heteroatoms. The van der Waals surface area contributed by atoms with Crippen molar-refractivity contribution >= 4 is 158 Å². The van der Waals surface area contributed by atoms with Crippen molar-refractivity contribution < 1.29 is 56.9 Å². The molecule has 0 bridgehead atoms. The van der Waals surface area contributed by atoms with E-state index < -0.39 is 7.12 Å². The highest BCUT2D eigenvalue weighted by Gasteiger charge is 2.50. The molecule has 1 saturated heterocycles. The van der Waals surface area contributed by atoms with Crippen LogP contribution in [-0.2, 0) is 88.6 Å². The number of hydrogen-bond acceptors (Lipinski definition) is 25. The maximum Gasteiger partial charge on any atom is 0.487 e. The molecule has 0 amide bonds. The minimum atomic E-state index is -0.491. The number of nitrogens with zero attached hydrogens (tertiary/aromatic N) is 11. The first-order valence-electron chi connectivity index (χ1n) is 46.0. The van der Waals surface area contributed by atoms with Crippen molar-refractivity contribution in [2.24, 2.45) is 5.73 Å². The number of aryl methyl sites for hydroxylation is 4. The lowest BCUT2D eigenvalue weighted by atomic mass is 9.90. The molecule has 8 aromatic heterocycles. The van der Waals surface area contributed by atoms with Gasteiger partial charge in [-0.1, -0.05) is 176 Å². The van der Waals surface area contributed by atoms with Gasteiger partial charge in [0.05, 0.1) is 135 Å². The Kier molecular flexibility index (Phi) is 47.7. The Labute approximate surface area is 819 Å². The molecule has 0 atom stereocenters. The number of alkyl halides is 1. The molecule has 1 aliphatic rings. The Bertz CT molecular complexity index is 5710. The molecule has 0 saturated carbocycles. The van der Waals surface area contributed by atoms with Gasteiger partial charge in [-0.15, -0.1) is 0 Å². The molecule has 0 aliphatic carbocycles. The van der Waals surface area contributed by atoms with Gasteiger partial charge in [0, 0.05) is 79.9 Å². The van der Waals surface area contributed by atoms with Gasteiger partial charge in [0.1, 0.15) is 28.5 Å². The summed E-state index contributed by atoms with van der Waals surface area (Å²) in [5.41, 5.74) is 44.1. The standard InChI is InChI=1S/C25H34N4O3.C25H32N4O3.C20H25BrN4O.C11H19BO4.C8H8Br2O.C6H5ClN4.C5H13N/c2*1-4-6-7-8-9-20-24-21(28-25(26)27-20)14-15-29(24)17-19-16-18(10-12-22(19)31-3)11-13-23(30)32-5-2;1-3-4-5-6-7-16-19-17(24-20(22)23-16)10-11-25(19)13-14-12-15(21)8-9-18(14)26-2;1-6-14-9(13)7-8-12-15-10(2,3)11(4,5)16-12;1-11-8-3-2-7(10)4-6(8)5-9;7-5-4-3(1-2-9-4)10-6(8)11-5;1-2-3-4-5-6/h10,12,14-16H,4-9,11,13,17H2,1-3H3,(H2,26,27,28);10-16H,4-9,17H2,1-3H3,(H2,26,27,28);8-12H,3-7,13H2,1-2H3,(H2,22,23,24);7-8H,6H2,1-5H3;2-4H,5H2,1H3;1-2,9H,(H2,8,10,11);2-6H2,1H3/b;13-11+;;8-7+;;;. The average Bonchev–Trinajstić information content (AvgIpc) is 1.65. The fourth-order valence-electron chi connectivity index (χ4n) is 14.6. The highest BCUT2D eigenvalue weighted by molar-refractivity contribution is 9.10. The number of nitrogen functional groups attached to an aromatic ring is 4. The molecular weight excluding hydrogens is 1920 g/mol. The van der Waals surface area contributed by atoms with E-state index in [4.69, 9.17) is 82.7 Å². The summed E-state index contributed by atoms with van der Waals surface area (Å²) >= 11 is 16.1. The largest absolute Gasteiger partial charge is 0.496 e. The van der Waals surface area contributed by atoms with E-state index in [1.807, 2.05) is 126 Å². The molecule has 724 valence electrons. The number of rotatable bonds is 39. The zero-order chi connectivity index (χ0) is 97.7. The second-order valence-corrected chi connectivity index (χ2v) is 35.3. The van der Waals surface area contributed by atoms with Crippen molar-refractivity contribution in [3.05, 3.63) is 205 Å². The molecule has 0 spiro atoms. The van der Waals surface area contributed by atoms with Crippen LogP contribution >= 0.6 is 59.4 Å². The van der Waals surface area contributed by atoms with Crippen LogP contribution in [0.1, 0.15) is 229 Å². The van der Waals surface area contributed by atoms with Crippen LogP contribution in [0, 0.1) is 0 Å². The number of aromatic amines is 1. The number of H-pyrrole nitrogens is 1. The van der Waals surface area contributed by atoms with Crippen LogP contribution in [0.5, 0.6) is 23.0 Å². The van der Waals surface area contributed by atoms with Gasteiger partial charge in [0.2, 0.25) is 23.8 Å². The number of carbonyl (C=O) groups excluding carboxylic acids is 3. The number of hydrogen-bond donors (Lipinski definition) is 6. The van der Waals surface area contributed by atoms with E-state index in [-0.39, 0.29) is 35.1 Å². The molecule has 0 radical (unpaired) electrons. The molecule has 11 N–H and O–H groups in total. The summed E-state index contributed by atoms with van der Waals surface area (Å²) in [7, 11) is 6.21. The van der Waals surface area contributed by atoms with Gasteiger partial charge in [-0.25, -0.2) is 44.5 Å². The number of methoxy groups -OCH3 is 4. The third-order valence-electron chi connectivity index (χ3n) is 22.0. The van der Waals surface area contributed by atoms with Crippen molar-refractivity contribution in [3.63, 3.8) is 0 Å². The van der Waals surface area contributed by atoms with Crippen molar-refractivity contribution in [1.82, 2.24) is 58.6 Å². The fourth-order valence-corrected chi connectivity index (χ4v) is 16.1. The quantitative estimate of drug-likeness (QED) is 0.00396. The molecule has 1 fully saturated rings. The van der Waals surface area contributed by atoms with E-state index in [1.54, 1.807) is 66.6 Å². The van der Waals surface area contributed by atoms with Crippen molar-refractivity contribution in [1.29, 1.82) is 0 Å². The van der Waals surface area contributed by atoms with E-state index >= 15 is 0 Å². The number of carbonyl (C=O) groups is 3. The van der Waals surface area contributed by atoms with Crippen molar-refractivity contribution in [2.75, 3.05) is 77.7 Å². The van der Waals surface area contributed by atoms with Gasteiger partial charge in [0.25, 0.3) is 0 Å². The third-order valence-corrected chi connectivity index (χ3v) is 23.8. The molecule has 13 rings (SSSR count). The lowest BCUT2D eigenvalue weighted by Gasteiger charge is -2.32. The summed E-state index contributed by atoms with van der Waals surface area (Å²) in [6.07, 6.45) is 33.9. The average molecular weight is 2050 g/mol. The summed E-state index contributed by atoms with van der Waals surface area (Å²) < 4.78 is 56.6. The number of esters is 3. The summed E-state index contributed by atoms with van der Waals surface area (Å²) in [5.74, 6) is 5.22. The van der Waals surface area contributed by atoms with Gasteiger partial charge < -0.3 is 89.8 Å².